The van der Waals surface area contributed by atoms with Crippen molar-refractivity contribution in [3.63, 3.8) is 0 Å². The van der Waals surface area contributed by atoms with E-state index in [9.17, 15) is 9.18 Å². The first-order chi connectivity index (χ1) is 12.1. The van der Waals surface area contributed by atoms with Crippen LogP contribution in [0.15, 0.2) is 63.9 Å². The molecule has 2 heterocycles. The van der Waals surface area contributed by atoms with Crippen molar-refractivity contribution in [2.75, 3.05) is 0 Å². The van der Waals surface area contributed by atoms with Crippen LogP contribution in [-0.2, 0) is 0 Å². The number of nitrogens with two attached hydrogens (primary N) is 1. The van der Waals surface area contributed by atoms with Gasteiger partial charge in [-0.3, -0.25) is 4.79 Å². The van der Waals surface area contributed by atoms with Gasteiger partial charge in [0, 0.05) is 17.0 Å². The Hall–Kier alpha value is -3.32. The van der Waals surface area contributed by atoms with E-state index in [1.807, 2.05) is 30.3 Å². The first-order valence-electron chi connectivity index (χ1n) is 7.59. The van der Waals surface area contributed by atoms with E-state index in [0.717, 1.165) is 5.56 Å². The minimum atomic E-state index is -0.566. The van der Waals surface area contributed by atoms with Gasteiger partial charge in [0.25, 0.3) is 5.89 Å². The molecule has 0 saturated carbocycles. The normalized spacial score (nSPS) is 12.4. The van der Waals surface area contributed by atoms with Crippen LogP contribution < -0.4 is 11.3 Å². The first kappa shape index (κ1) is 15.2. The molecule has 0 saturated heterocycles. The third-order valence-electron chi connectivity index (χ3n) is 3.91. The molecular weight excluding hydrogens is 323 g/mol. The number of pyridine rings is 1. The third-order valence-corrected chi connectivity index (χ3v) is 3.91. The van der Waals surface area contributed by atoms with Gasteiger partial charge in [-0.2, -0.15) is 4.98 Å². The van der Waals surface area contributed by atoms with E-state index in [0.29, 0.717) is 16.5 Å². The van der Waals surface area contributed by atoms with E-state index in [1.54, 1.807) is 0 Å². The summed E-state index contributed by atoms with van der Waals surface area (Å²) in [6, 6.07) is 14.1. The molecular formula is C18H13FN4O2. The number of aromatic amines is 1. The van der Waals surface area contributed by atoms with Crippen molar-refractivity contribution in [3.8, 4) is 11.5 Å². The zero-order valence-corrected chi connectivity index (χ0v) is 12.9. The number of nitrogens with one attached hydrogen (secondary N) is 1. The number of hydrogen-bond donors (Lipinski definition) is 2. The lowest BCUT2D eigenvalue weighted by molar-refractivity contribution is 0.420. The van der Waals surface area contributed by atoms with Crippen LogP contribution in [0.5, 0.6) is 0 Å². The van der Waals surface area contributed by atoms with Crippen LogP contribution in [0.2, 0.25) is 0 Å². The summed E-state index contributed by atoms with van der Waals surface area (Å²) in [6.07, 6.45) is 0. The Balaban J connectivity index is 1.82. The Bertz CT molecular complexity index is 1100. The van der Waals surface area contributed by atoms with Crippen molar-refractivity contribution in [2.24, 2.45) is 5.73 Å². The SMILES string of the molecule is NC(c1ccccc1)c1noc(-c2cc(=O)[nH]c3ccc(F)cc23)n1. The van der Waals surface area contributed by atoms with Crippen molar-refractivity contribution in [2.45, 2.75) is 6.04 Å². The van der Waals surface area contributed by atoms with Gasteiger partial charge in [-0.1, -0.05) is 35.5 Å². The zero-order valence-electron chi connectivity index (χ0n) is 12.9. The number of H-pyrrole nitrogens is 1. The maximum atomic E-state index is 13.6. The lowest BCUT2D eigenvalue weighted by Gasteiger charge is -2.06. The minimum Gasteiger partial charge on any atom is -0.334 e. The average molecular weight is 336 g/mol. The molecule has 2 aromatic carbocycles. The van der Waals surface area contributed by atoms with Crippen LogP contribution in [0, 0.1) is 5.82 Å². The molecule has 124 valence electrons. The van der Waals surface area contributed by atoms with Gasteiger partial charge in [-0.05, 0) is 23.8 Å². The second-order valence-corrected chi connectivity index (χ2v) is 5.58. The summed E-state index contributed by atoms with van der Waals surface area (Å²) < 4.78 is 18.9. The van der Waals surface area contributed by atoms with Crippen LogP contribution >= 0.6 is 0 Å². The quantitative estimate of drug-likeness (QED) is 0.599. The first-order valence-corrected chi connectivity index (χ1v) is 7.59. The molecule has 0 radical (unpaired) electrons. The van der Waals surface area contributed by atoms with E-state index in [4.69, 9.17) is 10.3 Å². The predicted molar refractivity (Wildman–Crippen MR) is 90.3 cm³/mol. The summed E-state index contributed by atoms with van der Waals surface area (Å²) in [5, 5.41) is 4.39. The van der Waals surface area contributed by atoms with E-state index in [1.165, 1.54) is 24.3 Å². The molecule has 0 fully saturated rings. The van der Waals surface area contributed by atoms with Gasteiger partial charge in [-0.15, -0.1) is 0 Å². The molecule has 1 unspecified atom stereocenters. The van der Waals surface area contributed by atoms with E-state index >= 15 is 0 Å². The van der Waals surface area contributed by atoms with Gasteiger partial charge in [0.1, 0.15) is 5.82 Å². The third kappa shape index (κ3) is 2.81. The topological polar surface area (TPSA) is 97.8 Å². The van der Waals surface area contributed by atoms with Crippen molar-refractivity contribution < 1.29 is 8.91 Å². The van der Waals surface area contributed by atoms with Crippen LogP contribution in [0.25, 0.3) is 22.4 Å². The second-order valence-electron chi connectivity index (χ2n) is 5.58. The molecule has 2 aromatic heterocycles. The maximum absolute atomic E-state index is 13.6. The maximum Gasteiger partial charge on any atom is 0.258 e. The van der Waals surface area contributed by atoms with Gasteiger partial charge in [0.15, 0.2) is 5.82 Å². The van der Waals surface area contributed by atoms with E-state index in [-0.39, 0.29) is 17.3 Å². The standard InChI is InChI=1S/C18H13FN4O2/c19-11-6-7-14-12(8-11)13(9-15(24)21-14)18-22-17(23-25-18)16(20)10-4-2-1-3-5-10/h1-9,16H,20H2,(H,21,24). The fourth-order valence-electron chi connectivity index (χ4n) is 2.68. The van der Waals surface area contributed by atoms with E-state index in [2.05, 4.69) is 15.1 Å². The minimum absolute atomic E-state index is 0.114. The molecule has 0 aliphatic carbocycles. The van der Waals surface area contributed by atoms with Gasteiger partial charge in [-0.25, -0.2) is 4.39 Å². The summed E-state index contributed by atoms with van der Waals surface area (Å²) in [6.45, 7) is 0. The molecule has 4 rings (SSSR count). The van der Waals surface area contributed by atoms with Gasteiger partial charge in [0.05, 0.1) is 11.6 Å². The molecule has 25 heavy (non-hydrogen) atoms. The second kappa shape index (κ2) is 5.95. The van der Waals surface area contributed by atoms with Gasteiger partial charge >= 0.3 is 0 Å². The fraction of sp³-hybridized carbons (Fsp3) is 0.0556. The summed E-state index contributed by atoms with van der Waals surface area (Å²) in [5.41, 5.74) is 7.49. The molecule has 7 heteroatoms. The van der Waals surface area contributed by atoms with Gasteiger partial charge < -0.3 is 15.2 Å². The Kier molecular flexibility index (Phi) is 3.62. The fourth-order valence-corrected chi connectivity index (χ4v) is 2.68. The van der Waals surface area contributed by atoms with Crippen molar-refractivity contribution >= 4 is 10.9 Å². The molecule has 0 aliphatic heterocycles. The van der Waals surface area contributed by atoms with Crippen molar-refractivity contribution in [1.82, 2.24) is 15.1 Å². The summed E-state index contributed by atoms with van der Waals surface area (Å²) >= 11 is 0. The Labute approximate surface area is 141 Å². The zero-order chi connectivity index (χ0) is 17.4. The Morgan fingerprint density at radius 1 is 1.12 bits per heavy atom. The highest BCUT2D eigenvalue weighted by molar-refractivity contribution is 5.92. The molecule has 0 aliphatic rings. The lowest BCUT2D eigenvalue weighted by atomic mass is 10.1. The molecule has 6 nitrogen and oxygen atoms in total. The molecule has 0 spiro atoms. The molecule has 0 bridgehead atoms. The highest BCUT2D eigenvalue weighted by atomic mass is 19.1. The smallest absolute Gasteiger partial charge is 0.258 e. The predicted octanol–water partition coefficient (Wildman–Crippen LogP) is 2.77. The largest absolute Gasteiger partial charge is 0.334 e. The number of benzene rings is 2. The molecule has 4 aromatic rings. The summed E-state index contributed by atoms with van der Waals surface area (Å²) in [4.78, 5) is 18.8. The Morgan fingerprint density at radius 2 is 1.92 bits per heavy atom. The lowest BCUT2D eigenvalue weighted by Crippen LogP contribution is -2.13. The van der Waals surface area contributed by atoms with Crippen LogP contribution in [0.1, 0.15) is 17.4 Å². The average Bonchev–Trinajstić information content (AvgIpc) is 3.11. The molecule has 1 atom stereocenters. The number of fused-ring (bicyclic) bond motifs is 1. The highest BCUT2D eigenvalue weighted by Crippen LogP contribution is 2.27. The number of rotatable bonds is 3. The number of halogens is 1. The molecule has 0 amide bonds. The number of aromatic nitrogens is 3. The molecule has 3 N–H and O–H groups in total. The van der Waals surface area contributed by atoms with Crippen LogP contribution in [-0.4, -0.2) is 15.1 Å². The number of nitrogens with zero attached hydrogens (tertiary/aromatic N) is 2. The highest BCUT2D eigenvalue weighted by Gasteiger charge is 2.19. The van der Waals surface area contributed by atoms with Gasteiger partial charge in [0.2, 0.25) is 5.56 Å². The summed E-state index contributed by atoms with van der Waals surface area (Å²) in [7, 11) is 0. The van der Waals surface area contributed by atoms with E-state index < -0.39 is 11.9 Å². The van der Waals surface area contributed by atoms with Crippen molar-refractivity contribution in [3.05, 3.63) is 82.2 Å². The van der Waals surface area contributed by atoms with Crippen LogP contribution in [0.4, 0.5) is 4.39 Å². The Morgan fingerprint density at radius 3 is 2.72 bits per heavy atom. The van der Waals surface area contributed by atoms with Crippen molar-refractivity contribution in [1.29, 1.82) is 0 Å². The van der Waals surface area contributed by atoms with Crippen LogP contribution in [0.3, 0.4) is 0 Å². The monoisotopic (exact) mass is 336 g/mol. The summed E-state index contributed by atoms with van der Waals surface area (Å²) in [5.74, 6) is -0.0318. The number of hydrogen-bond acceptors (Lipinski definition) is 5.